The number of likely N-dealkylation sites (tertiary alicyclic amines) is 1. The first-order valence-electron chi connectivity index (χ1n) is 8.72. The molecule has 2 saturated heterocycles. The Bertz CT molecular complexity index is 263. The van der Waals surface area contributed by atoms with Crippen LogP contribution in [0, 0.1) is 5.92 Å². The summed E-state index contributed by atoms with van der Waals surface area (Å²) in [6, 6.07) is 0. The van der Waals surface area contributed by atoms with Gasteiger partial charge in [0.25, 0.3) is 0 Å². The molecule has 3 heteroatoms. The molecule has 0 atom stereocenters. The lowest BCUT2D eigenvalue weighted by atomic mass is 9.94. The van der Waals surface area contributed by atoms with Gasteiger partial charge in [-0.25, -0.2) is 0 Å². The van der Waals surface area contributed by atoms with Crippen LogP contribution in [-0.4, -0.2) is 61.7 Å². The fraction of sp³-hybridized carbons (Fsp3) is 1.00. The van der Waals surface area contributed by atoms with Gasteiger partial charge in [-0.15, -0.1) is 0 Å². The van der Waals surface area contributed by atoms with Crippen molar-refractivity contribution >= 4 is 0 Å². The molecule has 0 aromatic heterocycles. The van der Waals surface area contributed by atoms with Gasteiger partial charge < -0.3 is 10.2 Å². The Morgan fingerprint density at radius 3 is 2.25 bits per heavy atom. The maximum Gasteiger partial charge on any atom is 0.0277 e. The van der Waals surface area contributed by atoms with Crippen molar-refractivity contribution < 1.29 is 0 Å². The van der Waals surface area contributed by atoms with E-state index in [4.69, 9.17) is 0 Å². The number of hydrogen-bond acceptors (Lipinski definition) is 3. The van der Waals surface area contributed by atoms with E-state index in [1.807, 2.05) is 0 Å². The summed E-state index contributed by atoms with van der Waals surface area (Å²) in [5.74, 6) is 0.893. The van der Waals surface area contributed by atoms with E-state index < -0.39 is 0 Å². The second-order valence-electron chi connectivity index (χ2n) is 7.58. The molecule has 1 N–H and O–H groups in total. The molecule has 0 aromatic rings. The zero-order chi connectivity index (χ0) is 14.4. The van der Waals surface area contributed by atoms with Crippen LogP contribution in [0.25, 0.3) is 0 Å². The predicted octanol–water partition coefficient (Wildman–Crippen LogP) is 2.57. The quantitative estimate of drug-likeness (QED) is 0.835. The summed E-state index contributed by atoms with van der Waals surface area (Å²) in [6.07, 6.45) is 8.36. The van der Waals surface area contributed by atoms with Gasteiger partial charge in [-0.1, -0.05) is 12.8 Å². The van der Waals surface area contributed by atoms with Gasteiger partial charge in [-0.3, -0.25) is 4.90 Å². The molecule has 0 spiro atoms. The van der Waals surface area contributed by atoms with Crippen molar-refractivity contribution in [3.05, 3.63) is 0 Å². The minimum Gasteiger partial charge on any atom is -0.317 e. The van der Waals surface area contributed by atoms with Gasteiger partial charge in [0.05, 0.1) is 0 Å². The third-order valence-corrected chi connectivity index (χ3v) is 5.33. The summed E-state index contributed by atoms with van der Waals surface area (Å²) in [7, 11) is 2.33. The molecular weight excluding hydrogens is 246 g/mol. The molecule has 0 saturated carbocycles. The molecule has 0 aromatic carbocycles. The highest BCUT2D eigenvalue weighted by molar-refractivity contribution is 4.86. The van der Waals surface area contributed by atoms with Gasteiger partial charge in [0.1, 0.15) is 0 Å². The number of likely N-dealkylation sites (N-methyl/N-ethyl adjacent to an activating group) is 1. The predicted molar refractivity (Wildman–Crippen MR) is 87.2 cm³/mol. The van der Waals surface area contributed by atoms with Crippen molar-refractivity contribution in [3.63, 3.8) is 0 Å². The van der Waals surface area contributed by atoms with Crippen molar-refractivity contribution in [3.8, 4) is 0 Å². The second-order valence-corrected chi connectivity index (χ2v) is 7.58. The molecule has 118 valence electrons. The average Bonchev–Trinajstić information content (AvgIpc) is 2.68. The Morgan fingerprint density at radius 2 is 1.65 bits per heavy atom. The summed E-state index contributed by atoms with van der Waals surface area (Å²) in [6.45, 7) is 12.4. The van der Waals surface area contributed by atoms with E-state index in [2.05, 4.69) is 36.0 Å². The Labute approximate surface area is 126 Å². The van der Waals surface area contributed by atoms with Crippen LogP contribution in [-0.2, 0) is 0 Å². The highest BCUT2D eigenvalue weighted by Crippen LogP contribution is 2.21. The van der Waals surface area contributed by atoms with Crippen LogP contribution in [0.4, 0.5) is 0 Å². The number of hydrogen-bond donors (Lipinski definition) is 1. The first-order chi connectivity index (χ1) is 9.58. The summed E-state index contributed by atoms with van der Waals surface area (Å²) in [5.41, 5.74) is 0.301. The number of nitrogens with zero attached hydrogens (tertiary/aromatic N) is 2. The monoisotopic (exact) mass is 281 g/mol. The molecule has 2 aliphatic rings. The Hall–Kier alpha value is -0.120. The van der Waals surface area contributed by atoms with Gasteiger partial charge in [0, 0.05) is 18.6 Å². The molecule has 0 bridgehead atoms. The van der Waals surface area contributed by atoms with Crippen LogP contribution in [0.3, 0.4) is 0 Å². The van der Waals surface area contributed by atoms with E-state index in [-0.39, 0.29) is 0 Å². The van der Waals surface area contributed by atoms with Crippen LogP contribution < -0.4 is 5.32 Å². The average molecular weight is 281 g/mol. The highest BCUT2D eigenvalue weighted by Gasteiger charge is 2.28. The summed E-state index contributed by atoms with van der Waals surface area (Å²) >= 11 is 0. The minimum absolute atomic E-state index is 0.301. The lowest BCUT2D eigenvalue weighted by Crippen LogP contribution is -2.52. The van der Waals surface area contributed by atoms with Crippen LogP contribution in [0.1, 0.15) is 52.4 Å². The number of rotatable bonds is 5. The summed E-state index contributed by atoms with van der Waals surface area (Å²) in [4.78, 5) is 5.32. The van der Waals surface area contributed by atoms with Gasteiger partial charge >= 0.3 is 0 Å². The number of piperidine rings is 1. The van der Waals surface area contributed by atoms with E-state index in [9.17, 15) is 0 Å². The maximum absolute atomic E-state index is 3.47. The molecule has 0 radical (unpaired) electrons. The van der Waals surface area contributed by atoms with Crippen LogP contribution in [0.2, 0.25) is 0 Å². The van der Waals surface area contributed by atoms with E-state index in [0.717, 1.165) is 5.92 Å². The van der Waals surface area contributed by atoms with Crippen LogP contribution in [0.5, 0.6) is 0 Å². The second kappa shape index (κ2) is 7.77. The van der Waals surface area contributed by atoms with Gasteiger partial charge in [0.15, 0.2) is 0 Å². The molecular formula is C17H35N3. The minimum atomic E-state index is 0.301. The molecule has 20 heavy (non-hydrogen) atoms. The lowest BCUT2D eigenvalue weighted by Gasteiger charge is -2.41. The van der Waals surface area contributed by atoms with Crippen LogP contribution >= 0.6 is 0 Å². The summed E-state index contributed by atoms with van der Waals surface area (Å²) in [5, 5.41) is 3.47. The van der Waals surface area contributed by atoms with E-state index in [1.165, 1.54) is 77.8 Å². The maximum atomic E-state index is 3.47. The molecule has 0 amide bonds. The first kappa shape index (κ1) is 16.3. The van der Waals surface area contributed by atoms with Crippen molar-refractivity contribution in [2.75, 3.05) is 46.3 Å². The van der Waals surface area contributed by atoms with Gasteiger partial charge in [-0.05, 0) is 78.7 Å². The van der Waals surface area contributed by atoms with E-state index >= 15 is 0 Å². The van der Waals surface area contributed by atoms with Crippen molar-refractivity contribution in [2.24, 2.45) is 5.92 Å². The fourth-order valence-electron chi connectivity index (χ4n) is 3.66. The van der Waals surface area contributed by atoms with Crippen LogP contribution in [0.15, 0.2) is 0 Å². The smallest absolute Gasteiger partial charge is 0.0277 e. The Balaban J connectivity index is 1.80. The zero-order valence-corrected chi connectivity index (χ0v) is 14.0. The lowest BCUT2D eigenvalue weighted by molar-refractivity contribution is 0.0788. The SMILES string of the molecule is CN(CC1CCNCC1)C(C)(C)CN1CCCCCC1. The Morgan fingerprint density at radius 1 is 1.05 bits per heavy atom. The van der Waals surface area contributed by atoms with Crippen molar-refractivity contribution in [1.29, 1.82) is 0 Å². The molecule has 0 aliphatic carbocycles. The normalized spacial score (nSPS) is 24.0. The molecule has 2 heterocycles. The molecule has 0 unspecified atom stereocenters. The standard InChI is InChI=1S/C17H35N3/c1-17(2,15-20-12-6-4-5-7-13-20)19(3)14-16-8-10-18-11-9-16/h16,18H,4-15H2,1-3H3. The van der Waals surface area contributed by atoms with E-state index in [0.29, 0.717) is 5.54 Å². The van der Waals surface area contributed by atoms with Gasteiger partial charge in [-0.2, -0.15) is 0 Å². The van der Waals surface area contributed by atoms with Gasteiger partial charge in [0.2, 0.25) is 0 Å². The molecule has 3 nitrogen and oxygen atoms in total. The molecule has 2 rings (SSSR count). The molecule has 2 aliphatic heterocycles. The summed E-state index contributed by atoms with van der Waals surface area (Å²) < 4.78 is 0. The molecule has 2 fully saturated rings. The topological polar surface area (TPSA) is 18.5 Å². The Kier molecular flexibility index (Phi) is 6.31. The van der Waals surface area contributed by atoms with E-state index in [1.54, 1.807) is 0 Å². The third-order valence-electron chi connectivity index (χ3n) is 5.33. The first-order valence-corrected chi connectivity index (χ1v) is 8.72. The number of nitrogens with one attached hydrogen (secondary N) is 1. The van der Waals surface area contributed by atoms with Crippen molar-refractivity contribution in [2.45, 2.75) is 57.9 Å². The fourth-order valence-corrected chi connectivity index (χ4v) is 3.66. The largest absolute Gasteiger partial charge is 0.317 e. The third kappa shape index (κ3) is 5.01. The zero-order valence-electron chi connectivity index (χ0n) is 14.0. The highest BCUT2D eigenvalue weighted by atomic mass is 15.2. The van der Waals surface area contributed by atoms with Crippen molar-refractivity contribution in [1.82, 2.24) is 15.1 Å².